The molecule has 0 aliphatic carbocycles. The minimum Gasteiger partial charge on any atom is -0.465 e. The van der Waals surface area contributed by atoms with Gasteiger partial charge in [0.2, 0.25) is 0 Å². The SMILES string of the molecule is CCCCOC(=O)CN1CCNCCN(CC(=O)OC(C)(C)C)CCN(CC(=O)OC(C)(C)C)CC1. The van der Waals surface area contributed by atoms with Crippen LogP contribution < -0.4 is 5.32 Å². The molecule has 1 N–H and O–H groups in total. The fraction of sp³-hybridized carbons (Fsp3) is 0.885. The maximum Gasteiger partial charge on any atom is 0.320 e. The Morgan fingerprint density at radius 3 is 1.44 bits per heavy atom. The molecule has 1 aliphatic heterocycles. The number of carbonyl (C=O) groups excluding carboxylic acids is 3. The summed E-state index contributed by atoms with van der Waals surface area (Å²) >= 11 is 0. The number of hydrogen-bond donors (Lipinski definition) is 1. The average Bonchev–Trinajstić information content (AvgIpc) is 2.71. The summed E-state index contributed by atoms with van der Waals surface area (Å²) < 4.78 is 16.4. The lowest BCUT2D eigenvalue weighted by molar-refractivity contribution is -0.158. The van der Waals surface area contributed by atoms with Crippen molar-refractivity contribution in [2.24, 2.45) is 0 Å². The molecule has 10 heteroatoms. The van der Waals surface area contributed by atoms with Crippen LogP contribution in [0.5, 0.6) is 0 Å². The summed E-state index contributed by atoms with van der Waals surface area (Å²) in [7, 11) is 0. The monoisotopic (exact) mass is 514 g/mol. The van der Waals surface area contributed by atoms with Crippen LogP contribution >= 0.6 is 0 Å². The Labute approximate surface area is 218 Å². The summed E-state index contributed by atoms with van der Waals surface area (Å²) in [5, 5.41) is 3.40. The van der Waals surface area contributed by atoms with E-state index >= 15 is 0 Å². The van der Waals surface area contributed by atoms with Crippen LogP contribution in [0.1, 0.15) is 61.3 Å². The first-order valence-corrected chi connectivity index (χ1v) is 13.2. The fourth-order valence-corrected chi connectivity index (χ4v) is 3.65. The van der Waals surface area contributed by atoms with Crippen molar-refractivity contribution in [2.75, 3.05) is 78.6 Å². The van der Waals surface area contributed by atoms with E-state index in [1.165, 1.54) is 0 Å². The maximum atomic E-state index is 12.6. The molecule has 0 bridgehead atoms. The smallest absolute Gasteiger partial charge is 0.320 e. The van der Waals surface area contributed by atoms with Crippen molar-refractivity contribution in [2.45, 2.75) is 72.5 Å². The number of ether oxygens (including phenoxy) is 3. The summed E-state index contributed by atoms with van der Waals surface area (Å²) in [6.07, 6.45) is 1.84. The van der Waals surface area contributed by atoms with E-state index in [0.717, 1.165) is 12.8 Å². The van der Waals surface area contributed by atoms with E-state index in [9.17, 15) is 14.4 Å². The van der Waals surface area contributed by atoms with Gasteiger partial charge in [0.25, 0.3) is 0 Å². The Bertz CT molecular complexity index is 674. The first-order valence-electron chi connectivity index (χ1n) is 13.2. The van der Waals surface area contributed by atoms with Gasteiger partial charge in [0.15, 0.2) is 0 Å². The van der Waals surface area contributed by atoms with Crippen molar-refractivity contribution >= 4 is 17.9 Å². The topological polar surface area (TPSA) is 101 Å². The van der Waals surface area contributed by atoms with Crippen LogP contribution in [0.25, 0.3) is 0 Å². The number of nitrogens with zero attached hydrogens (tertiary/aromatic N) is 3. The van der Waals surface area contributed by atoms with E-state index in [1.807, 2.05) is 51.3 Å². The lowest BCUT2D eigenvalue weighted by atomic mass is 10.2. The molecule has 1 rings (SSSR count). The van der Waals surface area contributed by atoms with Crippen LogP contribution in [0.4, 0.5) is 0 Å². The molecule has 0 aromatic heterocycles. The first kappa shape index (κ1) is 32.3. The van der Waals surface area contributed by atoms with Crippen LogP contribution in [0.2, 0.25) is 0 Å². The molecular weight excluding hydrogens is 464 g/mol. The standard InChI is InChI=1S/C26H50N4O6/c1-8-9-18-34-22(31)19-28-12-10-27-11-13-29(20-23(32)35-25(2,3)4)15-17-30(16-14-28)21-24(33)36-26(5,6)7/h27H,8-21H2,1-7H3. The largest absolute Gasteiger partial charge is 0.465 e. The second-order valence-corrected chi connectivity index (χ2v) is 11.3. The fourth-order valence-electron chi connectivity index (χ4n) is 3.65. The summed E-state index contributed by atoms with van der Waals surface area (Å²) in [6, 6.07) is 0. The zero-order valence-corrected chi connectivity index (χ0v) is 23.7. The summed E-state index contributed by atoms with van der Waals surface area (Å²) in [5.41, 5.74) is -1.10. The van der Waals surface area contributed by atoms with Gasteiger partial charge in [-0.1, -0.05) is 13.3 Å². The van der Waals surface area contributed by atoms with Crippen LogP contribution in [0, 0.1) is 0 Å². The molecule has 0 atom stereocenters. The van der Waals surface area contributed by atoms with Crippen LogP contribution in [-0.2, 0) is 28.6 Å². The molecule has 0 spiro atoms. The molecule has 0 amide bonds. The molecule has 1 saturated heterocycles. The first-order chi connectivity index (χ1) is 16.8. The predicted octanol–water partition coefficient (Wildman–Crippen LogP) is 1.52. The summed E-state index contributed by atoms with van der Waals surface area (Å²) in [5.74, 6) is -0.778. The number of esters is 3. The van der Waals surface area contributed by atoms with Crippen molar-refractivity contribution in [3.63, 3.8) is 0 Å². The third-order valence-corrected chi connectivity index (χ3v) is 5.33. The second kappa shape index (κ2) is 16.2. The van der Waals surface area contributed by atoms with Gasteiger partial charge in [-0.25, -0.2) is 0 Å². The predicted molar refractivity (Wildman–Crippen MR) is 140 cm³/mol. The molecule has 1 fully saturated rings. The summed E-state index contributed by atoms with van der Waals surface area (Å²) in [6.45, 7) is 19.3. The van der Waals surface area contributed by atoms with E-state index in [-0.39, 0.29) is 37.5 Å². The van der Waals surface area contributed by atoms with E-state index in [4.69, 9.17) is 14.2 Å². The molecular formula is C26H50N4O6. The molecule has 210 valence electrons. The second-order valence-electron chi connectivity index (χ2n) is 11.3. The minimum atomic E-state index is -0.563. The number of rotatable bonds is 9. The molecule has 0 aromatic rings. The molecule has 0 saturated carbocycles. The zero-order valence-electron chi connectivity index (χ0n) is 23.7. The average molecular weight is 515 g/mol. The van der Waals surface area contributed by atoms with Crippen molar-refractivity contribution in [3.8, 4) is 0 Å². The number of nitrogens with one attached hydrogen (secondary N) is 1. The van der Waals surface area contributed by atoms with Gasteiger partial charge in [0.05, 0.1) is 26.2 Å². The number of carbonyl (C=O) groups is 3. The van der Waals surface area contributed by atoms with Gasteiger partial charge in [-0.15, -0.1) is 0 Å². The Balaban J connectivity index is 2.84. The van der Waals surface area contributed by atoms with E-state index in [2.05, 4.69) is 17.1 Å². The Morgan fingerprint density at radius 1 is 0.667 bits per heavy atom. The Morgan fingerprint density at radius 2 is 1.06 bits per heavy atom. The minimum absolute atomic E-state index is 0.143. The Kier molecular flexibility index (Phi) is 14.5. The molecule has 1 heterocycles. The molecule has 36 heavy (non-hydrogen) atoms. The molecule has 0 aromatic carbocycles. The normalized spacial score (nSPS) is 18.1. The van der Waals surface area contributed by atoms with E-state index < -0.39 is 11.2 Å². The highest BCUT2D eigenvalue weighted by atomic mass is 16.6. The third-order valence-electron chi connectivity index (χ3n) is 5.33. The zero-order chi connectivity index (χ0) is 27.2. The lowest BCUT2D eigenvalue weighted by Gasteiger charge is -2.31. The van der Waals surface area contributed by atoms with Crippen LogP contribution in [0.3, 0.4) is 0 Å². The maximum absolute atomic E-state index is 12.6. The third kappa shape index (κ3) is 16.8. The van der Waals surface area contributed by atoms with Gasteiger partial charge >= 0.3 is 17.9 Å². The van der Waals surface area contributed by atoms with Gasteiger partial charge in [-0.3, -0.25) is 29.1 Å². The molecule has 0 radical (unpaired) electrons. The van der Waals surface area contributed by atoms with Crippen LogP contribution in [0.15, 0.2) is 0 Å². The summed E-state index contributed by atoms with van der Waals surface area (Å²) in [4.78, 5) is 43.4. The van der Waals surface area contributed by atoms with Gasteiger partial charge in [0.1, 0.15) is 11.2 Å². The van der Waals surface area contributed by atoms with Crippen molar-refractivity contribution in [1.82, 2.24) is 20.0 Å². The number of unbranched alkanes of at least 4 members (excludes halogenated alkanes) is 1. The van der Waals surface area contributed by atoms with Gasteiger partial charge < -0.3 is 19.5 Å². The van der Waals surface area contributed by atoms with E-state index in [0.29, 0.717) is 59.0 Å². The van der Waals surface area contributed by atoms with E-state index in [1.54, 1.807) is 0 Å². The lowest BCUT2D eigenvalue weighted by Crippen LogP contribution is -2.48. The molecule has 1 aliphatic rings. The Hall–Kier alpha value is -1.75. The molecule has 10 nitrogen and oxygen atoms in total. The van der Waals surface area contributed by atoms with Gasteiger partial charge in [-0.05, 0) is 48.0 Å². The van der Waals surface area contributed by atoms with Gasteiger partial charge in [-0.2, -0.15) is 0 Å². The highest BCUT2D eigenvalue weighted by Crippen LogP contribution is 2.09. The highest BCUT2D eigenvalue weighted by molar-refractivity contribution is 5.73. The number of hydrogen-bond acceptors (Lipinski definition) is 10. The quantitative estimate of drug-likeness (QED) is 0.277. The van der Waals surface area contributed by atoms with Gasteiger partial charge in [0, 0.05) is 52.4 Å². The highest BCUT2D eigenvalue weighted by Gasteiger charge is 2.23. The van der Waals surface area contributed by atoms with Crippen LogP contribution in [-0.4, -0.2) is 122 Å². The van der Waals surface area contributed by atoms with Crippen molar-refractivity contribution in [3.05, 3.63) is 0 Å². The molecule has 0 unspecified atom stereocenters. The van der Waals surface area contributed by atoms with Crippen molar-refractivity contribution in [1.29, 1.82) is 0 Å². The van der Waals surface area contributed by atoms with Crippen molar-refractivity contribution < 1.29 is 28.6 Å².